The van der Waals surface area contributed by atoms with Crippen LogP contribution in [-0.2, 0) is 9.53 Å². The van der Waals surface area contributed by atoms with Gasteiger partial charge in [-0.05, 0) is 37.2 Å². The van der Waals surface area contributed by atoms with Crippen LogP contribution in [0.5, 0.6) is 0 Å². The fourth-order valence-electron chi connectivity index (χ4n) is 2.42. The summed E-state index contributed by atoms with van der Waals surface area (Å²) in [6.45, 7) is 4.20. The number of allylic oxidation sites excluding steroid dienone is 1. The van der Waals surface area contributed by atoms with E-state index < -0.39 is 0 Å². The molecule has 2 aliphatic rings. The van der Waals surface area contributed by atoms with Crippen molar-refractivity contribution >= 4 is 5.97 Å². The summed E-state index contributed by atoms with van der Waals surface area (Å²) in [5.74, 6) is 1.11. The number of fused-ring (bicyclic) bond motifs is 1. The molecule has 1 heterocycles. The minimum atomic E-state index is -0.0180. The van der Waals surface area contributed by atoms with E-state index in [2.05, 4.69) is 13.8 Å². The summed E-state index contributed by atoms with van der Waals surface area (Å²) in [5, 5.41) is 0. The Kier molecular flexibility index (Phi) is 1.71. The van der Waals surface area contributed by atoms with Gasteiger partial charge in [0.1, 0.15) is 0 Å². The summed E-state index contributed by atoms with van der Waals surface area (Å²) in [5.41, 5.74) is 1.24. The summed E-state index contributed by atoms with van der Waals surface area (Å²) < 4.78 is 4.97. The lowest BCUT2D eigenvalue weighted by molar-refractivity contribution is -0.146. The molecule has 1 aliphatic heterocycles. The zero-order chi connectivity index (χ0) is 8.72. The fourth-order valence-corrected chi connectivity index (χ4v) is 2.42. The normalized spacial score (nSPS) is 40.3. The van der Waals surface area contributed by atoms with Crippen molar-refractivity contribution in [2.24, 2.45) is 17.8 Å². The van der Waals surface area contributed by atoms with E-state index in [4.69, 9.17) is 4.74 Å². The summed E-state index contributed by atoms with van der Waals surface area (Å²) in [6.07, 6.45) is 3.94. The maximum atomic E-state index is 11.4. The van der Waals surface area contributed by atoms with E-state index in [0.717, 1.165) is 12.8 Å². The number of carbonyl (C=O) groups is 1. The van der Waals surface area contributed by atoms with Gasteiger partial charge in [0.25, 0.3) is 0 Å². The van der Waals surface area contributed by atoms with E-state index in [1.807, 2.05) is 0 Å². The Labute approximate surface area is 72.6 Å². The molecule has 0 spiro atoms. The second-order valence-corrected chi connectivity index (χ2v) is 3.99. The van der Waals surface area contributed by atoms with E-state index in [-0.39, 0.29) is 11.9 Å². The van der Waals surface area contributed by atoms with Gasteiger partial charge in [-0.15, -0.1) is 0 Å². The molecule has 3 atom stereocenters. The second kappa shape index (κ2) is 2.61. The Morgan fingerprint density at radius 3 is 2.92 bits per heavy atom. The van der Waals surface area contributed by atoms with Gasteiger partial charge in [0, 0.05) is 0 Å². The highest BCUT2D eigenvalue weighted by atomic mass is 16.5. The lowest BCUT2D eigenvalue weighted by Crippen LogP contribution is -2.28. The van der Waals surface area contributed by atoms with Crippen molar-refractivity contribution < 1.29 is 9.53 Å². The third-order valence-electron chi connectivity index (χ3n) is 3.20. The van der Waals surface area contributed by atoms with Crippen LogP contribution in [0.4, 0.5) is 0 Å². The zero-order valence-corrected chi connectivity index (χ0v) is 7.54. The van der Waals surface area contributed by atoms with Gasteiger partial charge >= 0.3 is 5.97 Å². The number of carbonyl (C=O) groups excluding carboxylic acids is 1. The van der Waals surface area contributed by atoms with Gasteiger partial charge in [0.15, 0.2) is 0 Å². The predicted octanol–water partition coefficient (Wildman–Crippen LogP) is 2.11. The molecule has 0 radical (unpaired) electrons. The molecule has 2 nitrogen and oxygen atoms in total. The highest BCUT2D eigenvalue weighted by Gasteiger charge is 2.42. The number of hydrogen-bond donors (Lipinski definition) is 0. The van der Waals surface area contributed by atoms with E-state index in [0.29, 0.717) is 11.8 Å². The van der Waals surface area contributed by atoms with Gasteiger partial charge in [0.05, 0.1) is 12.2 Å². The van der Waals surface area contributed by atoms with Crippen LogP contribution in [0, 0.1) is 17.8 Å². The SMILES string of the molecule is CC1=COC(=O)[C@H]2C1CC[C@H]2C. The van der Waals surface area contributed by atoms with E-state index >= 15 is 0 Å². The van der Waals surface area contributed by atoms with Crippen molar-refractivity contribution in [3.8, 4) is 0 Å². The number of esters is 1. The average molecular weight is 166 g/mol. The van der Waals surface area contributed by atoms with Gasteiger partial charge in [-0.2, -0.15) is 0 Å². The monoisotopic (exact) mass is 166 g/mol. The zero-order valence-electron chi connectivity index (χ0n) is 7.54. The molecule has 0 aromatic carbocycles. The highest BCUT2D eigenvalue weighted by molar-refractivity contribution is 5.75. The lowest BCUT2D eigenvalue weighted by atomic mass is 9.85. The molecule has 0 aromatic rings. The fraction of sp³-hybridized carbons (Fsp3) is 0.700. The van der Waals surface area contributed by atoms with Crippen molar-refractivity contribution in [3.63, 3.8) is 0 Å². The van der Waals surface area contributed by atoms with Gasteiger partial charge < -0.3 is 4.74 Å². The quantitative estimate of drug-likeness (QED) is 0.515. The first-order valence-electron chi connectivity index (χ1n) is 4.57. The topological polar surface area (TPSA) is 26.3 Å². The number of rotatable bonds is 0. The molecule has 0 N–H and O–H groups in total. The van der Waals surface area contributed by atoms with Crippen LogP contribution in [0.2, 0.25) is 0 Å². The largest absolute Gasteiger partial charge is 0.434 e. The van der Waals surface area contributed by atoms with Gasteiger partial charge in [0.2, 0.25) is 0 Å². The summed E-state index contributed by atoms with van der Waals surface area (Å²) in [4.78, 5) is 11.4. The molecule has 2 heteroatoms. The standard InChI is InChI=1S/C10H14O2/c1-6-3-4-8-7(2)5-12-10(11)9(6)8/h5-6,8-9H,3-4H2,1-2H3/t6-,8?,9-/m1/s1. The van der Waals surface area contributed by atoms with Crippen LogP contribution in [0.3, 0.4) is 0 Å². The molecule has 1 saturated carbocycles. The molecule has 66 valence electrons. The Morgan fingerprint density at radius 1 is 1.50 bits per heavy atom. The van der Waals surface area contributed by atoms with Gasteiger partial charge in [-0.1, -0.05) is 6.92 Å². The Morgan fingerprint density at radius 2 is 2.25 bits per heavy atom. The van der Waals surface area contributed by atoms with Gasteiger partial charge in [-0.3, -0.25) is 4.79 Å². The first-order valence-corrected chi connectivity index (χ1v) is 4.57. The van der Waals surface area contributed by atoms with Crippen molar-refractivity contribution in [1.29, 1.82) is 0 Å². The Balaban J connectivity index is 2.29. The summed E-state index contributed by atoms with van der Waals surface area (Å²) >= 11 is 0. The van der Waals surface area contributed by atoms with E-state index in [1.54, 1.807) is 6.26 Å². The second-order valence-electron chi connectivity index (χ2n) is 3.99. The van der Waals surface area contributed by atoms with Crippen LogP contribution in [0.15, 0.2) is 11.8 Å². The molecule has 2 rings (SSSR count). The van der Waals surface area contributed by atoms with Crippen LogP contribution in [0.1, 0.15) is 26.7 Å². The first kappa shape index (κ1) is 7.84. The minimum absolute atomic E-state index is 0.0180. The highest BCUT2D eigenvalue weighted by Crippen LogP contribution is 2.43. The van der Waals surface area contributed by atoms with E-state index in [1.165, 1.54) is 5.57 Å². The van der Waals surface area contributed by atoms with Gasteiger partial charge in [-0.25, -0.2) is 0 Å². The van der Waals surface area contributed by atoms with Crippen LogP contribution < -0.4 is 0 Å². The molecular weight excluding hydrogens is 152 g/mol. The van der Waals surface area contributed by atoms with Crippen LogP contribution in [-0.4, -0.2) is 5.97 Å². The van der Waals surface area contributed by atoms with E-state index in [9.17, 15) is 4.79 Å². The molecule has 12 heavy (non-hydrogen) atoms. The molecule has 1 aliphatic carbocycles. The summed E-state index contributed by atoms with van der Waals surface area (Å²) in [7, 11) is 0. The summed E-state index contributed by atoms with van der Waals surface area (Å²) in [6, 6.07) is 0. The smallest absolute Gasteiger partial charge is 0.314 e. The molecule has 1 unspecified atom stereocenters. The molecule has 0 saturated heterocycles. The first-order chi connectivity index (χ1) is 5.70. The number of hydrogen-bond acceptors (Lipinski definition) is 2. The molecular formula is C10H14O2. The molecule has 0 aromatic heterocycles. The van der Waals surface area contributed by atoms with Crippen LogP contribution in [0.25, 0.3) is 0 Å². The Bertz CT molecular complexity index is 242. The number of cyclic esters (lactones) is 1. The third-order valence-corrected chi connectivity index (χ3v) is 3.20. The molecule has 0 bridgehead atoms. The lowest BCUT2D eigenvalue weighted by Gasteiger charge is -2.25. The van der Waals surface area contributed by atoms with Crippen molar-refractivity contribution in [2.75, 3.05) is 0 Å². The minimum Gasteiger partial charge on any atom is -0.434 e. The maximum Gasteiger partial charge on any atom is 0.314 e. The molecule has 0 amide bonds. The molecule has 1 fully saturated rings. The van der Waals surface area contributed by atoms with Crippen molar-refractivity contribution in [3.05, 3.63) is 11.8 Å². The Hall–Kier alpha value is -0.790. The van der Waals surface area contributed by atoms with Crippen molar-refractivity contribution in [1.82, 2.24) is 0 Å². The third kappa shape index (κ3) is 0.977. The predicted molar refractivity (Wildman–Crippen MR) is 45.2 cm³/mol. The van der Waals surface area contributed by atoms with Crippen molar-refractivity contribution in [2.45, 2.75) is 26.7 Å². The number of ether oxygens (including phenoxy) is 1. The van der Waals surface area contributed by atoms with Crippen LogP contribution >= 0.6 is 0 Å². The average Bonchev–Trinajstić information content (AvgIpc) is 2.42. The maximum absolute atomic E-state index is 11.4.